The summed E-state index contributed by atoms with van der Waals surface area (Å²) in [6.07, 6.45) is 4.86. The van der Waals surface area contributed by atoms with Crippen LogP contribution in [-0.2, 0) is 4.79 Å². The predicted molar refractivity (Wildman–Crippen MR) is 82.9 cm³/mol. The lowest BCUT2D eigenvalue weighted by Gasteiger charge is -2.18. The van der Waals surface area contributed by atoms with Crippen molar-refractivity contribution in [1.82, 2.24) is 10.6 Å². The molecule has 1 amide bonds. The Morgan fingerprint density at radius 1 is 1.25 bits per heavy atom. The van der Waals surface area contributed by atoms with Gasteiger partial charge in [0.1, 0.15) is 0 Å². The highest BCUT2D eigenvalue weighted by Crippen LogP contribution is 2.34. The van der Waals surface area contributed by atoms with Crippen LogP contribution in [0.3, 0.4) is 0 Å². The zero-order chi connectivity index (χ0) is 13.8. The van der Waals surface area contributed by atoms with Gasteiger partial charge < -0.3 is 10.6 Å². The normalized spacial score (nSPS) is 21.9. The maximum atomic E-state index is 11.8. The van der Waals surface area contributed by atoms with Crippen molar-refractivity contribution in [1.29, 1.82) is 0 Å². The maximum Gasteiger partial charge on any atom is 0.233 e. The van der Waals surface area contributed by atoms with Gasteiger partial charge in [0.2, 0.25) is 5.91 Å². The highest BCUT2D eigenvalue weighted by atomic mass is 32.2. The highest BCUT2D eigenvalue weighted by molar-refractivity contribution is 7.99. The molecule has 3 rings (SSSR count). The summed E-state index contributed by atoms with van der Waals surface area (Å²) < 4.78 is 0. The summed E-state index contributed by atoms with van der Waals surface area (Å²) >= 11 is 1.93. The zero-order valence-corrected chi connectivity index (χ0v) is 12.5. The topological polar surface area (TPSA) is 41.1 Å². The van der Waals surface area contributed by atoms with Gasteiger partial charge in [-0.05, 0) is 49.0 Å². The van der Waals surface area contributed by atoms with Gasteiger partial charge in [-0.1, -0.05) is 18.2 Å². The van der Waals surface area contributed by atoms with Gasteiger partial charge >= 0.3 is 0 Å². The number of fused-ring (bicyclic) bond motifs is 1. The molecule has 108 valence electrons. The van der Waals surface area contributed by atoms with E-state index in [1.165, 1.54) is 35.5 Å². The molecule has 20 heavy (non-hydrogen) atoms. The van der Waals surface area contributed by atoms with Crippen LogP contribution in [0.25, 0.3) is 0 Å². The summed E-state index contributed by atoms with van der Waals surface area (Å²) in [6, 6.07) is 8.87. The first-order valence-corrected chi connectivity index (χ1v) is 8.53. The van der Waals surface area contributed by atoms with Gasteiger partial charge in [-0.25, -0.2) is 0 Å². The molecule has 1 heterocycles. The molecule has 1 saturated carbocycles. The molecular formula is C16H22N2OS. The van der Waals surface area contributed by atoms with E-state index in [9.17, 15) is 4.79 Å². The van der Waals surface area contributed by atoms with Gasteiger partial charge in [-0.2, -0.15) is 0 Å². The molecule has 1 aromatic carbocycles. The van der Waals surface area contributed by atoms with Gasteiger partial charge in [-0.3, -0.25) is 4.79 Å². The fraction of sp³-hybridized carbons (Fsp3) is 0.562. The van der Waals surface area contributed by atoms with Crippen LogP contribution in [-0.4, -0.2) is 24.7 Å². The smallest absolute Gasteiger partial charge is 0.233 e. The molecule has 4 heteroatoms. The van der Waals surface area contributed by atoms with Gasteiger partial charge in [0.15, 0.2) is 0 Å². The Morgan fingerprint density at radius 3 is 2.95 bits per heavy atom. The standard InChI is InChI=1S/C16H22N2OS/c19-16(18-10-12-7-8-12)11-17-14-5-3-9-20-15-6-2-1-4-13(14)15/h1-2,4,6,12,14,17H,3,5,7-11H2,(H,18,19)/t14-/m1/s1. The number of hydrogen-bond acceptors (Lipinski definition) is 3. The van der Waals surface area contributed by atoms with Crippen molar-refractivity contribution in [3.63, 3.8) is 0 Å². The van der Waals surface area contributed by atoms with E-state index in [0.717, 1.165) is 18.9 Å². The Bertz CT molecular complexity index is 473. The molecular weight excluding hydrogens is 268 g/mol. The van der Waals surface area contributed by atoms with Crippen molar-refractivity contribution in [3.05, 3.63) is 29.8 Å². The molecule has 1 aliphatic heterocycles. The molecule has 1 aromatic rings. The van der Waals surface area contributed by atoms with E-state index >= 15 is 0 Å². The van der Waals surface area contributed by atoms with Crippen molar-refractivity contribution >= 4 is 17.7 Å². The SMILES string of the molecule is O=C(CN[C@@H]1CCCSc2ccccc21)NCC1CC1. The lowest BCUT2D eigenvalue weighted by molar-refractivity contribution is -0.120. The largest absolute Gasteiger partial charge is 0.355 e. The lowest BCUT2D eigenvalue weighted by Crippen LogP contribution is -2.36. The molecule has 0 spiro atoms. The molecule has 2 N–H and O–H groups in total. The third-order valence-corrected chi connectivity index (χ3v) is 5.16. The van der Waals surface area contributed by atoms with Gasteiger partial charge in [-0.15, -0.1) is 11.8 Å². The first-order valence-electron chi connectivity index (χ1n) is 7.55. The average Bonchev–Trinajstić information content (AvgIpc) is 3.30. The minimum absolute atomic E-state index is 0.131. The average molecular weight is 290 g/mol. The van der Waals surface area contributed by atoms with E-state index in [2.05, 4.69) is 34.9 Å². The van der Waals surface area contributed by atoms with E-state index in [4.69, 9.17) is 0 Å². The number of rotatable bonds is 5. The van der Waals surface area contributed by atoms with E-state index in [1.807, 2.05) is 11.8 Å². The van der Waals surface area contributed by atoms with Crippen LogP contribution in [0, 0.1) is 5.92 Å². The second kappa shape index (κ2) is 6.64. The van der Waals surface area contributed by atoms with Crippen molar-refractivity contribution < 1.29 is 4.79 Å². The number of amides is 1. The van der Waals surface area contributed by atoms with Gasteiger partial charge in [0, 0.05) is 17.5 Å². The Balaban J connectivity index is 1.54. The third kappa shape index (κ3) is 3.76. The number of hydrogen-bond donors (Lipinski definition) is 2. The maximum absolute atomic E-state index is 11.8. The van der Waals surface area contributed by atoms with Crippen LogP contribution in [0.2, 0.25) is 0 Å². The van der Waals surface area contributed by atoms with E-state index in [1.54, 1.807) is 0 Å². The van der Waals surface area contributed by atoms with E-state index < -0.39 is 0 Å². The molecule has 1 atom stereocenters. The van der Waals surface area contributed by atoms with Crippen LogP contribution >= 0.6 is 11.8 Å². The van der Waals surface area contributed by atoms with Crippen molar-refractivity contribution in [2.24, 2.45) is 5.92 Å². The number of carbonyl (C=O) groups excluding carboxylic acids is 1. The van der Waals surface area contributed by atoms with Gasteiger partial charge in [0.25, 0.3) is 0 Å². The first kappa shape index (κ1) is 14.0. The first-order chi connectivity index (χ1) is 9.83. The van der Waals surface area contributed by atoms with Crippen LogP contribution in [0.1, 0.15) is 37.3 Å². The Labute approximate surface area is 124 Å². The van der Waals surface area contributed by atoms with Gasteiger partial charge in [0.05, 0.1) is 6.54 Å². The number of carbonyl (C=O) groups is 1. The summed E-state index contributed by atoms with van der Waals surface area (Å²) in [5, 5.41) is 6.45. The summed E-state index contributed by atoms with van der Waals surface area (Å²) in [6.45, 7) is 1.29. The third-order valence-electron chi connectivity index (χ3n) is 3.98. The van der Waals surface area contributed by atoms with Crippen LogP contribution in [0.4, 0.5) is 0 Å². The Hall–Kier alpha value is -1.00. The molecule has 1 fully saturated rings. The second-order valence-corrected chi connectivity index (χ2v) is 6.85. The molecule has 0 unspecified atom stereocenters. The Morgan fingerprint density at radius 2 is 2.10 bits per heavy atom. The summed E-state index contributed by atoms with van der Waals surface area (Å²) in [7, 11) is 0. The lowest BCUT2D eigenvalue weighted by atomic mass is 10.0. The van der Waals surface area contributed by atoms with E-state index in [0.29, 0.717) is 12.6 Å². The monoisotopic (exact) mass is 290 g/mol. The quantitative estimate of drug-likeness (QED) is 0.876. The van der Waals surface area contributed by atoms with Crippen LogP contribution in [0.5, 0.6) is 0 Å². The number of thioether (sulfide) groups is 1. The van der Waals surface area contributed by atoms with Crippen molar-refractivity contribution in [2.45, 2.75) is 36.6 Å². The molecule has 3 nitrogen and oxygen atoms in total. The molecule has 0 saturated heterocycles. The van der Waals surface area contributed by atoms with Crippen molar-refractivity contribution in [3.8, 4) is 0 Å². The van der Waals surface area contributed by atoms with Crippen molar-refractivity contribution in [2.75, 3.05) is 18.8 Å². The van der Waals surface area contributed by atoms with Crippen LogP contribution in [0.15, 0.2) is 29.2 Å². The fourth-order valence-electron chi connectivity index (χ4n) is 2.60. The number of benzene rings is 1. The summed E-state index contributed by atoms with van der Waals surface area (Å²) in [5.74, 6) is 2.04. The summed E-state index contributed by atoms with van der Waals surface area (Å²) in [5.41, 5.74) is 1.35. The molecule has 2 aliphatic rings. The predicted octanol–water partition coefficient (Wildman–Crippen LogP) is 2.73. The fourth-order valence-corrected chi connectivity index (χ4v) is 3.68. The summed E-state index contributed by atoms with van der Waals surface area (Å²) in [4.78, 5) is 13.2. The minimum Gasteiger partial charge on any atom is -0.355 e. The zero-order valence-electron chi connectivity index (χ0n) is 11.7. The van der Waals surface area contributed by atoms with E-state index in [-0.39, 0.29) is 5.91 Å². The minimum atomic E-state index is 0.131. The van der Waals surface area contributed by atoms with Crippen LogP contribution < -0.4 is 10.6 Å². The number of nitrogens with one attached hydrogen (secondary N) is 2. The molecule has 1 aliphatic carbocycles. The molecule has 0 aromatic heterocycles. The molecule has 0 radical (unpaired) electrons. The molecule has 0 bridgehead atoms. The second-order valence-electron chi connectivity index (χ2n) is 5.71. The highest BCUT2D eigenvalue weighted by Gasteiger charge is 2.22. The Kier molecular flexibility index (Phi) is 4.63.